The molecule has 0 N–H and O–H groups in total. The van der Waals surface area contributed by atoms with Crippen LogP contribution in [0.5, 0.6) is 0 Å². The third-order valence-electron chi connectivity index (χ3n) is 7.54. The van der Waals surface area contributed by atoms with Crippen LogP contribution in [0.4, 0.5) is 0 Å². The van der Waals surface area contributed by atoms with Gasteiger partial charge in [0, 0.05) is 5.41 Å². The molecule has 3 rings (SSSR count). The number of carbonyl (C=O) groups is 1. The van der Waals surface area contributed by atoms with Crippen LogP contribution >= 0.6 is 0 Å². The lowest BCUT2D eigenvalue weighted by molar-refractivity contribution is -0.294. The van der Waals surface area contributed by atoms with E-state index >= 15 is 0 Å². The van der Waals surface area contributed by atoms with E-state index in [0.29, 0.717) is 25.7 Å². The van der Waals surface area contributed by atoms with Crippen LogP contribution in [0.1, 0.15) is 73.1 Å². The largest absolute Gasteiger partial charge is 0.465 e. The molecular formula is C22H38O4. The molecule has 0 aromatic heterocycles. The third kappa shape index (κ3) is 4.27. The summed E-state index contributed by atoms with van der Waals surface area (Å²) in [5, 5.41) is 0. The fraction of sp³-hybridized carbons (Fsp3) is 0.955. The Balaban J connectivity index is 1.41. The average Bonchev–Trinajstić information content (AvgIpc) is 3.14. The monoisotopic (exact) mass is 366 g/mol. The van der Waals surface area contributed by atoms with E-state index in [0.717, 1.165) is 30.1 Å². The second-order valence-electron chi connectivity index (χ2n) is 9.86. The van der Waals surface area contributed by atoms with Crippen LogP contribution in [-0.2, 0) is 19.0 Å². The van der Waals surface area contributed by atoms with Gasteiger partial charge < -0.3 is 14.2 Å². The zero-order chi connectivity index (χ0) is 18.9. The van der Waals surface area contributed by atoms with Crippen LogP contribution in [-0.4, -0.2) is 31.6 Å². The fourth-order valence-corrected chi connectivity index (χ4v) is 5.39. The van der Waals surface area contributed by atoms with Crippen molar-refractivity contribution >= 4 is 5.97 Å². The molecule has 1 aliphatic heterocycles. The van der Waals surface area contributed by atoms with Gasteiger partial charge in [-0.2, -0.15) is 0 Å². The van der Waals surface area contributed by atoms with Gasteiger partial charge >= 0.3 is 5.97 Å². The lowest BCUT2D eigenvalue weighted by Crippen LogP contribution is -2.48. The first-order valence-electron chi connectivity index (χ1n) is 10.7. The zero-order valence-electron chi connectivity index (χ0n) is 17.4. The Bertz CT molecular complexity index is 492. The van der Waals surface area contributed by atoms with Gasteiger partial charge in [-0.1, -0.05) is 40.5 Å². The first-order valence-corrected chi connectivity index (χ1v) is 10.7. The molecule has 150 valence electrons. The van der Waals surface area contributed by atoms with Gasteiger partial charge in [0.1, 0.15) is 0 Å². The molecule has 0 aromatic carbocycles. The van der Waals surface area contributed by atoms with Crippen LogP contribution in [0.25, 0.3) is 0 Å². The third-order valence-corrected chi connectivity index (χ3v) is 7.54. The normalized spacial score (nSPS) is 45.0. The summed E-state index contributed by atoms with van der Waals surface area (Å²) in [6.45, 7) is 12.9. The number of hydrogen-bond donors (Lipinski definition) is 0. The van der Waals surface area contributed by atoms with Gasteiger partial charge in [-0.3, -0.25) is 4.79 Å². The summed E-state index contributed by atoms with van der Waals surface area (Å²) in [5.41, 5.74) is 0.0648. The highest BCUT2D eigenvalue weighted by molar-refractivity contribution is 5.70. The maximum atomic E-state index is 12.4. The van der Waals surface area contributed by atoms with Crippen molar-refractivity contribution in [2.75, 3.05) is 19.8 Å². The maximum absolute atomic E-state index is 12.4. The van der Waals surface area contributed by atoms with E-state index < -0.39 is 5.79 Å². The first-order chi connectivity index (χ1) is 12.3. The van der Waals surface area contributed by atoms with Crippen molar-refractivity contribution in [1.82, 2.24) is 0 Å². The number of carbonyl (C=O) groups excluding carboxylic acids is 1. The number of esters is 1. The second-order valence-corrected chi connectivity index (χ2v) is 9.86. The summed E-state index contributed by atoms with van der Waals surface area (Å²) in [5.74, 6) is 2.69. The average molecular weight is 367 g/mol. The molecule has 4 heteroatoms. The summed E-state index contributed by atoms with van der Waals surface area (Å²) in [4.78, 5) is 12.4. The van der Waals surface area contributed by atoms with Gasteiger partial charge in [-0.25, -0.2) is 0 Å². The zero-order valence-corrected chi connectivity index (χ0v) is 17.4. The van der Waals surface area contributed by atoms with Gasteiger partial charge in [0.15, 0.2) is 5.79 Å². The smallest absolute Gasteiger partial charge is 0.311 e. The quantitative estimate of drug-likeness (QED) is 0.607. The van der Waals surface area contributed by atoms with E-state index in [1.54, 1.807) is 0 Å². The SMILES string of the molecule is CCCCC1(C)COC(C)(CC(=O)OCC2CC3CC2C(C)C3C)OC1. The summed E-state index contributed by atoms with van der Waals surface area (Å²) < 4.78 is 17.6. The summed E-state index contributed by atoms with van der Waals surface area (Å²) in [6, 6.07) is 0. The highest BCUT2D eigenvalue weighted by atomic mass is 16.7. The van der Waals surface area contributed by atoms with E-state index in [9.17, 15) is 4.79 Å². The number of hydrogen-bond acceptors (Lipinski definition) is 4. The van der Waals surface area contributed by atoms with Gasteiger partial charge in [0.2, 0.25) is 0 Å². The van der Waals surface area contributed by atoms with Crippen molar-refractivity contribution < 1.29 is 19.0 Å². The molecule has 2 aliphatic carbocycles. The molecule has 0 amide bonds. The highest BCUT2D eigenvalue weighted by Gasteiger charge is 2.49. The topological polar surface area (TPSA) is 44.8 Å². The Morgan fingerprint density at radius 1 is 1.12 bits per heavy atom. The summed E-state index contributed by atoms with van der Waals surface area (Å²) in [7, 11) is 0. The standard InChI is InChI=1S/C22H38O4/c1-6-7-8-21(4)13-25-22(5,26-14-21)11-20(23)24-12-18-9-17-10-19(18)16(3)15(17)2/h15-19H,6-14H2,1-5H3. The molecule has 4 nitrogen and oxygen atoms in total. The molecule has 0 aromatic rings. The Kier molecular flexibility index (Phi) is 6.03. The maximum Gasteiger partial charge on any atom is 0.311 e. The Morgan fingerprint density at radius 3 is 2.38 bits per heavy atom. The minimum absolute atomic E-state index is 0.0648. The molecule has 2 bridgehead atoms. The predicted molar refractivity (Wildman–Crippen MR) is 102 cm³/mol. The van der Waals surface area contributed by atoms with Crippen molar-refractivity contribution in [2.24, 2.45) is 35.0 Å². The number of ether oxygens (including phenoxy) is 3. The second kappa shape index (κ2) is 7.79. The highest BCUT2D eigenvalue weighted by Crippen LogP contribution is 2.54. The molecule has 2 saturated carbocycles. The van der Waals surface area contributed by atoms with E-state index in [4.69, 9.17) is 14.2 Å². The molecule has 5 atom stereocenters. The van der Waals surface area contributed by atoms with Crippen molar-refractivity contribution in [3.63, 3.8) is 0 Å². The fourth-order valence-electron chi connectivity index (χ4n) is 5.39. The van der Waals surface area contributed by atoms with E-state index in [-0.39, 0.29) is 17.8 Å². The molecule has 5 unspecified atom stereocenters. The van der Waals surface area contributed by atoms with Crippen LogP contribution in [0.2, 0.25) is 0 Å². The van der Waals surface area contributed by atoms with Crippen LogP contribution in [0.15, 0.2) is 0 Å². The van der Waals surface area contributed by atoms with Crippen LogP contribution < -0.4 is 0 Å². The molecule has 1 saturated heterocycles. The molecular weight excluding hydrogens is 328 g/mol. The molecule has 3 aliphatic rings. The molecule has 1 heterocycles. The Hall–Kier alpha value is -0.610. The minimum Gasteiger partial charge on any atom is -0.465 e. The van der Waals surface area contributed by atoms with Crippen LogP contribution in [0, 0.1) is 35.0 Å². The lowest BCUT2D eigenvalue weighted by Gasteiger charge is -2.43. The summed E-state index contributed by atoms with van der Waals surface area (Å²) >= 11 is 0. The van der Waals surface area contributed by atoms with Crippen LogP contribution in [0.3, 0.4) is 0 Å². The number of fused-ring (bicyclic) bond motifs is 2. The summed E-state index contributed by atoms with van der Waals surface area (Å²) in [6.07, 6.45) is 6.20. The number of unbranched alkanes of at least 4 members (excludes halogenated alkanes) is 1. The van der Waals surface area contributed by atoms with Crippen molar-refractivity contribution in [3.8, 4) is 0 Å². The van der Waals surface area contributed by atoms with Crippen molar-refractivity contribution in [1.29, 1.82) is 0 Å². The van der Waals surface area contributed by atoms with E-state index in [2.05, 4.69) is 27.7 Å². The molecule has 0 spiro atoms. The van der Waals surface area contributed by atoms with E-state index in [1.807, 2.05) is 6.92 Å². The van der Waals surface area contributed by atoms with Gasteiger partial charge in [0.25, 0.3) is 0 Å². The Labute approximate surface area is 159 Å². The van der Waals surface area contributed by atoms with Gasteiger partial charge in [-0.15, -0.1) is 0 Å². The Morgan fingerprint density at radius 2 is 1.81 bits per heavy atom. The predicted octanol–water partition coefficient (Wildman–Crippen LogP) is 4.81. The van der Waals surface area contributed by atoms with Gasteiger partial charge in [-0.05, 0) is 55.8 Å². The number of rotatable bonds is 7. The lowest BCUT2D eigenvalue weighted by atomic mass is 9.76. The van der Waals surface area contributed by atoms with Gasteiger partial charge in [0.05, 0.1) is 26.2 Å². The van der Waals surface area contributed by atoms with E-state index in [1.165, 1.54) is 25.7 Å². The van der Waals surface area contributed by atoms with Crippen molar-refractivity contribution in [2.45, 2.75) is 78.9 Å². The van der Waals surface area contributed by atoms with Crippen molar-refractivity contribution in [3.05, 3.63) is 0 Å². The first kappa shape index (κ1) is 20.1. The molecule has 0 radical (unpaired) electrons. The molecule has 3 fully saturated rings. The minimum atomic E-state index is -0.834. The molecule has 26 heavy (non-hydrogen) atoms.